The van der Waals surface area contributed by atoms with Crippen LogP contribution in [0.3, 0.4) is 0 Å². The van der Waals surface area contributed by atoms with Crippen LogP contribution in [0.25, 0.3) is 0 Å². The van der Waals surface area contributed by atoms with Crippen molar-refractivity contribution in [1.82, 2.24) is 4.90 Å². The van der Waals surface area contributed by atoms with E-state index in [4.69, 9.17) is 4.42 Å². The van der Waals surface area contributed by atoms with E-state index < -0.39 is 22.3 Å². The second-order valence-electron chi connectivity index (χ2n) is 8.87. The van der Waals surface area contributed by atoms with Gasteiger partial charge in [0.1, 0.15) is 5.54 Å². The molecule has 1 N–H and O–H groups in total. The van der Waals surface area contributed by atoms with Crippen LogP contribution >= 0.6 is 0 Å². The predicted octanol–water partition coefficient (Wildman–Crippen LogP) is 4.10. The minimum Gasteiger partial charge on any atom is -0.461 e. The smallest absolute Gasteiger partial charge is 0.269 e. The molecule has 166 valence electrons. The van der Waals surface area contributed by atoms with Crippen molar-refractivity contribution in [2.75, 3.05) is 11.9 Å². The number of carbonyl (C=O) groups excluding carboxylic acids is 2. The Hall–Kier alpha value is -3.78. The molecule has 4 heterocycles. The zero-order chi connectivity index (χ0) is 22.7. The first-order valence-electron chi connectivity index (χ1n) is 11.0. The molecule has 8 heteroatoms. The van der Waals surface area contributed by atoms with Crippen LogP contribution in [0.15, 0.2) is 71.3 Å². The van der Waals surface area contributed by atoms with Gasteiger partial charge < -0.3 is 9.73 Å². The number of nitro benzene ring substituents is 1. The number of furan rings is 1. The summed E-state index contributed by atoms with van der Waals surface area (Å²) in [5, 5.41) is 14.5. The number of anilines is 1. The lowest BCUT2D eigenvalue weighted by molar-refractivity contribution is -0.384. The molecule has 2 fully saturated rings. The fourth-order valence-electron chi connectivity index (χ4n) is 6.31. The molecule has 3 aliphatic heterocycles. The lowest BCUT2D eigenvalue weighted by atomic mass is 9.69. The first-order chi connectivity index (χ1) is 16.0. The van der Waals surface area contributed by atoms with Gasteiger partial charge in [0.15, 0.2) is 5.76 Å². The third kappa shape index (κ3) is 2.61. The van der Waals surface area contributed by atoms with E-state index in [9.17, 15) is 19.7 Å². The van der Waals surface area contributed by atoms with Gasteiger partial charge in [0.2, 0.25) is 11.7 Å². The zero-order valence-corrected chi connectivity index (χ0v) is 17.6. The third-order valence-corrected chi connectivity index (χ3v) is 7.42. The van der Waals surface area contributed by atoms with E-state index in [1.165, 1.54) is 12.3 Å². The molecule has 0 saturated carbocycles. The number of rotatable bonds is 4. The Morgan fingerprint density at radius 1 is 1.15 bits per heavy atom. The molecular formula is C25H21N3O5. The van der Waals surface area contributed by atoms with Crippen LogP contribution in [0.5, 0.6) is 0 Å². The molecule has 2 saturated heterocycles. The fraction of sp³-hybridized carbons (Fsp3) is 0.280. The third-order valence-electron chi connectivity index (χ3n) is 7.42. The predicted molar refractivity (Wildman–Crippen MR) is 119 cm³/mol. The zero-order valence-electron chi connectivity index (χ0n) is 17.6. The number of hydrogen-bond acceptors (Lipinski definition) is 6. The molecule has 1 spiro atoms. The topological polar surface area (TPSA) is 106 Å². The van der Waals surface area contributed by atoms with Crippen molar-refractivity contribution in [2.45, 2.75) is 30.3 Å². The van der Waals surface area contributed by atoms with Crippen molar-refractivity contribution in [3.63, 3.8) is 0 Å². The first-order valence-corrected chi connectivity index (χ1v) is 11.0. The number of para-hydroxylation sites is 1. The van der Waals surface area contributed by atoms with Crippen LogP contribution in [0, 0.1) is 16.0 Å². The molecule has 0 unspecified atom stereocenters. The number of ketones is 1. The van der Waals surface area contributed by atoms with E-state index in [1.54, 1.807) is 24.3 Å². The monoisotopic (exact) mass is 443 g/mol. The van der Waals surface area contributed by atoms with Crippen molar-refractivity contribution in [1.29, 1.82) is 0 Å². The minimum absolute atomic E-state index is 0.0292. The van der Waals surface area contributed by atoms with Crippen LogP contribution < -0.4 is 5.32 Å². The lowest BCUT2D eigenvalue weighted by Gasteiger charge is -2.36. The van der Waals surface area contributed by atoms with Gasteiger partial charge >= 0.3 is 0 Å². The van der Waals surface area contributed by atoms with Gasteiger partial charge in [-0.3, -0.25) is 24.6 Å². The highest BCUT2D eigenvalue weighted by atomic mass is 16.6. The normalized spacial score (nSPS) is 28.0. The van der Waals surface area contributed by atoms with Gasteiger partial charge in [-0.1, -0.05) is 30.3 Å². The second-order valence-corrected chi connectivity index (χ2v) is 8.87. The molecule has 0 aliphatic carbocycles. The largest absolute Gasteiger partial charge is 0.461 e. The SMILES string of the molecule is O=C(c1ccco1)[C@@H]1[C@H](c2cccc([N+](=O)[O-])c2)[C@H]2CCCN2[C@]12C(=O)Nc1ccccc12. The number of fused-ring (bicyclic) bond motifs is 4. The minimum atomic E-state index is -1.20. The van der Waals surface area contributed by atoms with Crippen LogP contribution in [0.4, 0.5) is 11.4 Å². The summed E-state index contributed by atoms with van der Waals surface area (Å²) in [6.07, 6.45) is 3.13. The Morgan fingerprint density at radius 3 is 2.79 bits per heavy atom. The summed E-state index contributed by atoms with van der Waals surface area (Å²) in [6.45, 7) is 0.666. The number of Topliss-reactive ketones (excluding diaryl/α,β-unsaturated/α-hetero) is 1. The van der Waals surface area contributed by atoms with Gasteiger partial charge in [-0.2, -0.15) is 0 Å². The van der Waals surface area contributed by atoms with Gasteiger partial charge in [-0.25, -0.2) is 0 Å². The van der Waals surface area contributed by atoms with Gasteiger partial charge in [-0.05, 0) is 43.1 Å². The lowest BCUT2D eigenvalue weighted by Crippen LogP contribution is -2.52. The summed E-state index contributed by atoms with van der Waals surface area (Å²) < 4.78 is 5.49. The first kappa shape index (κ1) is 19.9. The number of amides is 1. The molecule has 8 nitrogen and oxygen atoms in total. The summed E-state index contributed by atoms with van der Waals surface area (Å²) >= 11 is 0. The van der Waals surface area contributed by atoms with Crippen molar-refractivity contribution < 1.29 is 18.9 Å². The molecule has 4 atom stereocenters. The standard InChI is InChI=1S/C25H21N3O5/c29-23(20-11-5-13-33-20)22-21(15-6-3-7-16(14-15)28(31)32)19-10-4-12-27(19)25(22)17-8-1-2-9-18(17)26-24(25)30/h1-3,5-9,11,13-14,19,21-22H,4,10,12H2,(H,26,30)/t19-,21-,22+,25+/m1/s1. The number of hydrogen-bond donors (Lipinski definition) is 1. The summed E-state index contributed by atoms with van der Waals surface area (Å²) in [6, 6.07) is 17.1. The van der Waals surface area contributed by atoms with Crippen molar-refractivity contribution in [2.24, 2.45) is 5.92 Å². The molecule has 1 aromatic heterocycles. The van der Waals surface area contributed by atoms with E-state index in [0.29, 0.717) is 17.8 Å². The molecule has 3 aromatic rings. The summed E-state index contributed by atoms with van der Waals surface area (Å²) in [7, 11) is 0. The number of nitrogens with zero attached hydrogens (tertiary/aromatic N) is 2. The van der Waals surface area contributed by atoms with Crippen LogP contribution in [0.2, 0.25) is 0 Å². The van der Waals surface area contributed by atoms with Gasteiger partial charge in [0.05, 0.1) is 17.1 Å². The Bertz CT molecular complexity index is 1290. The number of nitro groups is 1. The van der Waals surface area contributed by atoms with Gasteiger partial charge in [0, 0.05) is 35.3 Å². The highest BCUT2D eigenvalue weighted by Gasteiger charge is 2.69. The van der Waals surface area contributed by atoms with Gasteiger partial charge in [-0.15, -0.1) is 0 Å². The summed E-state index contributed by atoms with van der Waals surface area (Å²) in [4.78, 5) is 41.1. The van der Waals surface area contributed by atoms with Crippen LogP contribution in [-0.4, -0.2) is 34.1 Å². The molecule has 33 heavy (non-hydrogen) atoms. The fourth-order valence-corrected chi connectivity index (χ4v) is 6.31. The van der Waals surface area contributed by atoms with E-state index in [-0.39, 0.29) is 29.2 Å². The van der Waals surface area contributed by atoms with E-state index in [0.717, 1.165) is 18.4 Å². The highest BCUT2D eigenvalue weighted by molar-refractivity contribution is 6.11. The van der Waals surface area contributed by atoms with Crippen molar-refractivity contribution in [3.8, 4) is 0 Å². The number of carbonyl (C=O) groups is 2. The molecule has 6 rings (SSSR count). The molecular weight excluding hydrogens is 422 g/mol. The number of benzene rings is 2. The maximum atomic E-state index is 14.0. The van der Waals surface area contributed by atoms with E-state index in [2.05, 4.69) is 10.2 Å². The summed E-state index contributed by atoms with van der Waals surface area (Å²) in [5.41, 5.74) is 0.944. The quantitative estimate of drug-likeness (QED) is 0.370. The van der Waals surface area contributed by atoms with E-state index >= 15 is 0 Å². The van der Waals surface area contributed by atoms with E-state index in [1.807, 2.05) is 30.3 Å². The van der Waals surface area contributed by atoms with Crippen LogP contribution in [-0.2, 0) is 10.3 Å². The highest BCUT2D eigenvalue weighted by Crippen LogP contribution is 2.61. The maximum absolute atomic E-state index is 14.0. The summed E-state index contributed by atoms with van der Waals surface area (Å²) in [5.74, 6) is -1.50. The van der Waals surface area contributed by atoms with Gasteiger partial charge in [0.25, 0.3) is 5.69 Å². The van der Waals surface area contributed by atoms with Crippen molar-refractivity contribution in [3.05, 3.63) is 93.9 Å². The Labute approximate surface area is 189 Å². The Morgan fingerprint density at radius 2 is 2.00 bits per heavy atom. The van der Waals surface area contributed by atoms with Crippen LogP contribution in [0.1, 0.15) is 40.4 Å². The average Bonchev–Trinajstić information content (AvgIpc) is 3.59. The average molecular weight is 443 g/mol. The number of non-ortho nitro benzene ring substituents is 1. The second kappa shape index (κ2) is 7.11. The molecule has 0 radical (unpaired) electrons. The molecule has 0 bridgehead atoms. The molecule has 1 amide bonds. The number of nitrogens with one attached hydrogen (secondary N) is 1. The molecule has 2 aromatic carbocycles. The molecule has 3 aliphatic rings. The Kier molecular flexibility index (Phi) is 4.28. The van der Waals surface area contributed by atoms with Crippen molar-refractivity contribution >= 4 is 23.1 Å². The Balaban J connectivity index is 1.62. The maximum Gasteiger partial charge on any atom is 0.269 e.